The Kier molecular flexibility index (Phi) is 2.39. The number of hydrogen-bond donors (Lipinski definition) is 0. The van der Waals surface area contributed by atoms with Crippen LogP contribution in [0.5, 0.6) is 0 Å². The van der Waals surface area contributed by atoms with Crippen molar-refractivity contribution < 1.29 is 4.79 Å². The van der Waals surface area contributed by atoms with Crippen LogP contribution in [-0.2, 0) is 4.79 Å². The molecule has 0 amide bonds. The van der Waals surface area contributed by atoms with Gasteiger partial charge >= 0.3 is 0 Å². The van der Waals surface area contributed by atoms with Gasteiger partial charge in [-0.3, -0.25) is 4.79 Å². The van der Waals surface area contributed by atoms with Crippen LogP contribution in [-0.4, -0.2) is 5.78 Å². The number of benzene rings is 1. The van der Waals surface area contributed by atoms with Gasteiger partial charge in [-0.05, 0) is 31.2 Å². The molecule has 0 heterocycles. The first kappa shape index (κ1) is 9.83. The minimum Gasteiger partial charge on any atom is -0.299 e. The Morgan fingerprint density at radius 2 is 1.62 bits per heavy atom. The molecular formula is C15H16O. The van der Waals surface area contributed by atoms with Gasteiger partial charge in [0.05, 0.1) is 0 Å². The number of hydrogen-bond acceptors (Lipinski definition) is 1. The maximum Gasteiger partial charge on any atom is 0.139 e. The fraction of sp³-hybridized carbons (Fsp3) is 0.400. The van der Waals surface area contributed by atoms with Gasteiger partial charge in [0.2, 0.25) is 0 Å². The van der Waals surface area contributed by atoms with Gasteiger partial charge in [0.1, 0.15) is 5.78 Å². The van der Waals surface area contributed by atoms with Crippen LogP contribution in [0, 0.1) is 11.8 Å². The van der Waals surface area contributed by atoms with Gasteiger partial charge in [0.25, 0.3) is 0 Å². The molecule has 2 saturated carbocycles. The van der Waals surface area contributed by atoms with Crippen molar-refractivity contribution in [3.8, 4) is 0 Å². The lowest BCUT2D eigenvalue weighted by Crippen LogP contribution is -2.20. The zero-order valence-corrected chi connectivity index (χ0v) is 9.36. The van der Waals surface area contributed by atoms with Crippen molar-refractivity contribution in [1.82, 2.24) is 0 Å². The molecule has 2 aliphatic carbocycles. The van der Waals surface area contributed by atoms with Gasteiger partial charge in [-0.2, -0.15) is 0 Å². The van der Waals surface area contributed by atoms with Crippen molar-refractivity contribution in [3.63, 3.8) is 0 Å². The van der Waals surface area contributed by atoms with Crippen molar-refractivity contribution in [2.45, 2.75) is 25.7 Å². The van der Waals surface area contributed by atoms with E-state index in [0.717, 1.165) is 25.7 Å². The predicted octanol–water partition coefficient (Wildman–Crippen LogP) is 3.46. The monoisotopic (exact) mass is 212 g/mol. The maximum absolute atomic E-state index is 11.8. The molecule has 1 nitrogen and oxygen atoms in total. The molecule has 0 saturated heterocycles. The molecule has 1 heteroatoms. The highest BCUT2D eigenvalue weighted by atomic mass is 16.1. The molecule has 1 aromatic rings. The Hall–Kier alpha value is -1.37. The summed E-state index contributed by atoms with van der Waals surface area (Å²) in [6, 6.07) is 10.4. The van der Waals surface area contributed by atoms with E-state index in [1.807, 2.05) is 6.07 Å². The summed E-state index contributed by atoms with van der Waals surface area (Å²) in [5, 5.41) is 0. The average molecular weight is 212 g/mol. The average Bonchev–Trinajstić information content (AvgIpc) is 2.54. The molecule has 3 rings (SSSR count). The highest BCUT2D eigenvalue weighted by molar-refractivity contribution is 5.87. The minimum absolute atomic E-state index is 0.341. The molecule has 2 atom stereocenters. The summed E-state index contributed by atoms with van der Waals surface area (Å²) in [4.78, 5) is 11.8. The molecular weight excluding hydrogens is 196 g/mol. The second-order valence-corrected chi connectivity index (χ2v) is 5.00. The van der Waals surface area contributed by atoms with E-state index in [9.17, 15) is 4.79 Å². The first-order valence-electron chi connectivity index (χ1n) is 6.11. The van der Waals surface area contributed by atoms with Crippen LogP contribution in [0.3, 0.4) is 0 Å². The van der Waals surface area contributed by atoms with Crippen molar-refractivity contribution >= 4 is 11.9 Å². The van der Waals surface area contributed by atoms with Gasteiger partial charge < -0.3 is 0 Å². The molecule has 0 aromatic heterocycles. The normalized spacial score (nSPS) is 28.2. The second kappa shape index (κ2) is 3.89. The van der Waals surface area contributed by atoms with E-state index < -0.39 is 0 Å². The zero-order valence-electron chi connectivity index (χ0n) is 9.36. The van der Waals surface area contributed by atoms with E-state index in [1.54, 1.807) is 0 Å². The Labute approximate surface area is 96.2 Å². The quantitative estimate of drug-likeness (QED) is 0.696. The Morgan fingerprint density at radius 3 is 2.25 bits per heavy atom. The molecule has 0 spiro atoms. The Balaban J connectivity index is 1.83. The van der Waals surface area contributed by atoms with Crippen LogP contribution in [0.25, 0.3) is 6.08 Å². The van der Waals surface area contributed by atoms with Crippen LogP contribution in [0.15, 0.2) is 35.9 Å². The number of rotatable bonds is 1. The topological polar surface area (TPSA) is 17.1 Å². The summed E-state index contributed by atoms with van der Waals surface area (Å²) >= 11 is 0. The summed E-state index contributed by atoms with van der Waals surface area (Å²) in [5.74, 6) is 1.22. The van der Waals surface area contributed by atoms with Gasteiger partial charge in [-0.15, -0.1) is 0 Å². The van der Waals surface area contributed by atoms with Crippen molar-refractivity contribution in [1.29, 1.82) is 0 Å². The highest BCUT2D eigenvalue weighted by Gasteiger charge is 2.38. The number of ketones is 1. The van der Waals surface area contributed by atoms with E-state index in [1.165, 1.54) is 11.1 Å². The molecule has 82 valence electrons. The fourth-order valence-corrected chi connectivity index (χ4v) is 3.04. The van der Waals surface area contributed by atoms with Gasteiger partial charge in [-0.25, -0.2) is 0 Å². The summed E-state index contributed by atoms with van der Waals surface area (Å²) < 4.78 is 0. The zero-order chi connectivity index (χ0) is 11.0. The predicted molar refractivity (Wildman–Crippen MR) is 64.9 cm³/mol. The standard InChI is InChI=1S/C15H16O/c16-15-13-6-7-14(15)10-12(9-13)8-11-4-2-1-3-5-11/h1-5,8,13-14H,6-7,9-10H2. The first-order valence-corrected chi connectivity index (χ1v) is 6.11. The van der Waals surface area contributed by atoms with Crippen LogP contribution in [0.1, 0.15) is 31.2 Å². The fourth-order valence-electron chi connectivity index (χ4n) is 3.04. The molecule has 2 aliphatic rings. The summed E-state index contributed by atoms with van der Waals surface area (Å²) in [6.07, 6.45) is 6.53. The van der Waals surface area contributed by atoms with Crippen molar-refractivity contribution in [2.75, 3.05) is 0 Å². The molecule has 16 heavy (non-hydrogen) atoms. The number of carbonyl (C=O) groups is 1. The number of fused-ring (bicyclic) bond motifs is 2. The van der Waals surface area contributed by atoms with Crippen LogP contribution < -0.4 is 0 Å². The Bertz CT molecular complexity index is 412. The number of carbonyl (C=O) groups excluding carboxylic acids is 1. The van der Waals surface area contributed by atoms with Crippen molar-refractivity contribution in [2.24, 2.45) is 11.8 Å². The van der Waals surface area contributed by atoms with E-state index in [0.29, 0.717) is 17.6 Å². The lowest BCUT2D eigenvalue weighted by atomic mass is 9.83. The van der Waals surface area contributed by atoms with E-state index >= 15 is 0 Å². The molecule has 2 bridgehead atoms. The number of allylic oxidation sites excluding steroid dienone is 1. The van der Waals surface area contributed by atoms with Crippen LogP contribution in [0.2, 0.25) is 0 Å². The third-order valence-corrected chi connectivity index (χ3v) is 3.86. The SMILES string of the molecule is O=C1C2CCC1CC(=Cc1ccccc1)C2. The largest absolute Gasteiger partial charge is 0.299 e. The molecule has 1 aromatic carbocycles. The first-order chi connectivity index (χ1) is 7.83. The minimum atomic E-state index is 0.341. The van der Waals surface area contributed by atoms with E-state index in [-0.39, 0.29) is 0 Å². The van der Waals surface area contributed by atoms with Gasteiger partial charge in [0.15, 0.2) is 0 Å². The van der Waals surface area contributed by atoms with Crippen LogP contribution >= 0.6 is 0 Å². The molecule has 0 radical (unpaired) electrons. The van der Waals surface area contributed by atoms with Crippen LogP contribution in [0.4, 0.5) is 0 Å². The summed E-state index contributed by atoms with van der Waals surface area (Å²) in [6.45, 7) is 0. The lowest BCUT2D eigenvalue weighted by molar-refractivity contribution is -0.124. The van der Waals surface area contributed by atoms with E-state index in [2.05, 4.69) is 30.3 Å². The molecule has 2 unspecified atom stereocenters. The van der Waals surface area contributed by atoms with Gasteiger partial charge in [0, 0.05) is 11.8 Å². The summed E-state index contributed by atoms with van der Waals surface area (Å²) in [7, 11) is 0. The molecule has 0 N–H and O–H groups in total. The molecule has 2 fully saturated rings. The maximum atomic E-state index is 11.8. The van der Waals surface area contributed by atoms with E-state index in [4.69, 9.17) is 0 Å². The van der Waals surface area contributed by atoms with Crippen molar-refractivity contribution in [3.05, 3.63) is 41.5 Å². The Morgan fingerprint density at radius 1 is 1.00 bits per heavy atom. The third kappa shape index (κ3) is 1.71. The van der Waals surface area contributed by atoms with Gasteiger partial charge in [-0.1, -0.05) is 42.0 Å². The summed E-state index contributed by atoms with van der Waals surface area (Å²) in [5.41, 5.74) is 2.74. The highest BCUT2D eigenvalue weighted by Crippen LogP contribution is 2.42. The number of Topliss-reactive ketones (excluding diaryl/α,β-unsaturated/α-hetero) is 1. The third-order valence-electron chi connectivity index (χ3n) is 3.86. The smallest absolute Gasteiger partial charge is 0.139 e. The second-order valence-electron chi connectivity index (χ2n) is 5.00. The molecule has 0 aliphatic heterocycles. The lowest BCUT2D eigenvalue weighted by Gasteiger charge is -2.20.